The van der Waals surface area contributed by atoms with Gasteiger partial charge in [0.15, 0.2) is 0 Å². The molecule has 1 aromatic heterocycles. The van der Waals surface area contributed by atoms with Crippen LogP contribution < -0.4 is 9.47 Å². The molecule has 5 rings (SSSR count). The molecule has 28 heavy (non-hydrogen) atoms. The fourth-order valence-electron chi connectivity index (χ4n) is 3.87. The zero-order valence-corrected chi connectivity index (χ0v) is 15.7. The lowest BCUT2D eigenvalue weighted by Crippen LogP contribution is -2.33. The van der Waals surface area contributed by atoms with E-state index in [0.29, 0.717) is 6.61 Å². The van der Waals surface area contributed by atoms with E-state index in [1.165, 1.54) is 5.56 Å². The van der Waals surface area contributed by atoms with Crippen LogP contribution in [-0.2, 0) is 0 Å². The van der Waals surface area contributed by atoms with E-state index in [1.54, 1.807) is 12.4 Å². The average Bonchev–Trinajstić information content (AvgIpc) is 3.20. The van der Waals surface area contributed by atoms with Crippen LogP contribution in [0.2, 0.25) is 0 Å². The third kappa shape index (κ3) is 2.89. The summed E-state index contributed by atoms with van der Waals surface area (Å²) >= 11 is 0. The van der Waals surface area contributed by atoms with Crippen molar-refractivity contribution in [2.24, 2.45) is 5.10 Å². The van der Waals surface area contributed by atoms with Crippen LogP contribution in [0.15, 0.2) is 78.2 Å². The van der Waals surface area contributed by atoms with Crippen molar-refractivity contribution >= 4 is 5.71 Å². The maximum atomic E-state index is 6.34. The molecule has 0 N–H and O–H groups in total. The largest absolute Gasteiger partial charge is 0.494 e. The lowest BCUT2D eigenvalue weighted by atomic mass is 9.96. The van der Waals surface area contributed by atoms with Gasteiger partial charge in [0.25, 0.3) is 0 Å². The Hall–Kier alpha value is -3.34. The number of ether oxygens (including phenoxy) is 2. The van der Waals surface area contributed by atoms with Gasteiger partial charge in [0.1, 0.15) is 11.5 Å². The number of hydrazone groups is 1. The fraction of sp³-hybridized carbons (Fsp3) is 0.217. The third-order valence-electron chi connectivity index (χ3n) is 5.19. The van der Waals surface area contributed by atoms with E-state index in [4.69, 9.17) is 14.6 Å². The molecule has 2 atom stereocenters. The van der Waals surface area contributed by atoms with Crippen molar-refractivity contribution < 1.29 is 9.47 Å². The Morgan fingerprint density at radius 1 is 1.04 bits per heavy atom. The van der Waals surface area contributed by atoms with Crippen LogP contribution >= 0.6 is 0 Å². The number of fused-ring (bicyclic) bond motifs is 3. The molecule has 2 aliphatic rings. The van der Waals surface area contributed by atoms with E-state index in [2.05, 4.69) is 34.3 Å². The van der Waals surface area contributed by atoms with Crippen molar-refractivity contribution in [3.63, 3.8) is 0 Å². The van der Waals surface area contributed by atoms with Crippen LogP contribution in [0, 0.1) is 0 Å². The van der Waals surface area contributed by atoms with Gasteiger partial charge < -0.3 is 9.47 Å². The van der Waals surface area contributed by atoms with Crippen molar-refractivity contribution in [2.75, 3.05) is 6.61 Å². The Morgan fingerprint density at radius 2 is 1.82 bits per heavy atom. The van der Waals surface area contributed by atoms with Gasteiger partial charge in [-0.15, -0.1) is 0 Å². The Labute approximate surface area is 164 Å². The van der Waals surface area contributed by atoms with E-state index >= 15 is 0 Å². The molecule has 140 valence electrons. The highest BCUT2D eigenvalue weighted by molar-refractivity contribution is 6.02. The molecule has 0 aliphatic carbocycles. The highest BCUT2D eigenvalue weighted by atomic mass is 16.5. The topological polar surface area (TPSA) is 47.0 Å². The van der Waals surface area contributed by atoms with Crippen molar-refractivity contribution in [3.05, 3.63) is 89.7 Å². The molecular weight excluding hydrogens is 350 g/mol. The quantitative estimate of drug-likeness (QED) is 0.666. The summed E-state index contributed by atoms with van der Waals surface area (Å²) in [5.41, 5.74) is 4.40. The van der Waals surface area contributed by atoms with Gasteiger partial charge in [0, 0.05) is 29.9 Å². The number of pyridine rings is 1. The van der Waals surface area contributed by atoms with Gasteiger partial charge in [-0.1, -0.05) is 18.2 Å². The first kappa shape index (κ1) is 16.8. The minimum atomic E-state index is -0.261. The summed E-state index contributed by atoms with van der Waals surface area (Å²) in [7, 11) is 0. The minimum Gasteiger partial charge on any atom is -0.494 e. The third-order valence-corrected chi connectivity index (χ3v) is 5.19. The van der Waals surface area contributed by atoms with E-state index in [0.717, 1.165) is 34.8 Å². The maximum absolute atomic E-state index is 6.34. The van der Waals surface area contributed by atoms with E-state index in [9.17, 15) is 0 Å². The summed E-state index contributed by atoms with van der Waals surface area (Å²) in [6.45, 7) is 2.65. The normalized spacial score (nSPS) is 20.0. The summed E-state index contributed by atoms with van der Waals surface area (Å²) in [6, 6.07) is 20.5. The number of para-hydroxylation sites is 1. The second-order valence-corrected chi connectivity index (χ2v) is 6.89. The highest BCUT2D eigenvalue weighted by Crippen LogP contribution is 2.47. The molecule has 0 bridgehead atoms. The highest BCUT2D eigenvalue weighted by Gasteiger charge is 2.40. The Kier molecular flexibility index (Phi) is 4.20. The molecule has 0 saturated heterocycles. The van der Waals surface area contributed by atoms with Gasteiger partial charge in [0.2, 0.25) is 6.23 Å². The second-order valence-electron chi connectivity index (χ2n) is 6.89. The van der Waals surface area contributed by atoms with Gasteiger partial charge in [-0.05, 0) is 55.0 Å². The average molecular weight is 371 g/mol. The van der Waals surface area contributed by atoms with Gasteiger partial charge in [-0.3, -0.25) is 4.98 Å². The molecule has 0 unspecified atom stereocenters. The first-order valence-electron chi connectivity index (χ1n) is 9.58. The lowest BCUT2D eigenvalue weighted by Gasteiger charge is -2.38. The van der Waals surface area contributed by atoms with Crippen LogP contribution in [-0.4, -0.2) is 22.3 Å². The van der Waals surface area contributed by atoms with Gasteiger partial charge in [0.05, 0.1) is 18.4 Å². The zero-order chi connectivity index (χ0) is 18.9. The zero-order valence-electron chi connectivity index (χ0n) is 15.7. The van der Waals surface area contributed by atoms with Crippen LogP contribution in [0.25, 0.3) is 0 Å². The van der Waals surface area contributed by atoms with E-state index < -0.39 is 0 Å². The Balaban J connectivity index is 1.53. The Morgan fingerprint density at radius 3 is 2.61 bits per heavy atom. The standard InChI is InChI=1S/C23H21N3O2/c1-2-27-18-9-7-16(8-10-18)20-15-21-19-5-3-4-6-22(19)28-23(26(21)25-20)17-11-13-24-14-12-17/h3-14,21,23H,2,15H2,1H3/t21-,23-/m1/s1. The van der Waals surface area contributed by atoms with E-state index in [-0.39, 0.29) is 12.3 Å². The first-order chi connectivity index (χ1) is 13.8. The SMILES string of the molecule is CCOc1ccc(C2=NN3[C@H](C2)c2ccccc2O[C@@H]3c2ccncc2)cc1. The molecule has 5 heteroatoms. The Bertz CT molecular complexity index is 1000. The summed E-state index contributed by atoms with van der Waals surface area (Å²) in [5, 5.41) is 7.06. The maximum Gasteiger partial charge on any atom is 0.213 e. The van der Waals surface area contributed by atoms with Gasteiger partial charge >= 0.3 is 0 Å². The number of benzene rings is 2. The van der Waals surface area contributed by atoms with Crippen molar-refractivity contribution in [2.45, 2.75) is 25.6 Å². The summed E-state index contributed by atoms with van der Waals surface area (Å²) < 4.78 is 11.9. The molecule has 2 aliphatic heterocycles. The number of hydrogen-bond acceptors (Lipinski definition) is 5. The smallest absolute Gasteiger partial charge is 0.213 e. The first-order valence-corrected chi connectivity index (χ1v) is 9.58. The van der Waals surface area contributed by atoms with Crippen molar-refractivity contribution in [1.82, 2.24) is 9.99 Å². The number of rotatable bonds is 4. The predicted molar refractivity (Wildman–Crippen MR) is 107 cm³/mol. The number of nitrogens with zero attached hydrogens (tertiary/aromatic N) is 3. The fourth-order valence-corrected chi connectivity index (χ4v) is 3.87. The van der Waals surface area contributed by atoms with Crippen LogP contribution in [0.3, 0.4) is 0 Å². The monoisotopic (exact) mass is 371 g/mol. The number of aromatic nitrogens is 1. The molecule has 3 heterocycles. The minimum absolute atomic E-state index is 0.157. The molecule has 0 radical (unpaired) electrons. The summed E-state index contributed by atoms with van der Waals surface area (Å²) in [4.78, 5) is 4.13. The molecular formula is C23H21N3O2. The molecule has 2 aromatic carbocycles. The van der Waals surface area contributed by atoms with Crippen LogP contribution in [0.5, 0.6) is 11.5 Å². The molecule has 0 amide bonds. The van der Waals surface area contributed by atoms with Gasteiger partial charge in [-0.25, -0.2) is 5.01 Å². The second kappa shape index (κ2) is 7.00. The lowest BCUT2D eigenvalue weighted by molar-refractivity contribution is -0.0190. The number of hydrogen-bond donors (Lipinski definition) is 0. The summed E-state index contributed by atoms with van der Waals surface area (Å²) in [6.07, 6.45) is 4.17. The van der Waals surface area contributed by atoms with Crippen LogP contribution in [0.4, 0.5) is 0 Å². The molecule has 3 aromatic rings. The predicted octanol–water partition coefficient (Wildman–Crippen LogP) is 4.72. The molecule has 0 spiro atoms. The van der Waals surface area contributed by atoms with Crippen molar-refractivity contribution in [3.8, 4) is 11.5 Å². The van der Waals surface area contributed by atoms with Crippen LogP contribution in [0.1, 0.15) is 42.3 Å². The van der Waals surface area contributed by atoms with E-state index in [1.807, 2.05) is 43.3 Å². The van der Waals surface area contributed by atoms with Crippen molar-refractivity contribution in [1.29, 1.82) is 0 Å². The summed E-state index contributed by atoms with van der Waals surface area (Å²) in [5.74, 6) is 1.81. The molecule has 0 fully saturated rings. The van der Waals surface area contributed by atoms with Gasteiger partial charge in [-0.2, -0.15) is 5.10 Å². The molecule has 0 saturated carbocycles. The molecule has 5 nitrogen and oxygen atoms in total.